The molecule has 1 amide bonds. The third-order valence-electron chi connectivity index (χ3n) is 6.56. The second-order valence-corrected chi connectivity index (χ2v) is 12.6. The molecule has 0 aromatic carbocycles. The molecule has 47 heavy (non-hydrogen) atoms. The third-order valence-corrected chi connectivity index (χ3v) is 6.56. The van der Waals surface area contributed by atoms with E-state index in [2.05, 4.69) is 33.0 Å². The summed E-state index contributed by atoms with van der Waals surface area (Å²) < 4.78 is 47.5. The fraction of sp³-hybridized carbons (Fsp3) is 0.886. The zero-order valence-electron chi connectivity index (χ0n) is 30.4. The molecule has 0 aliphatic carbocycles. The topological polar surface area (TPSA) is 134 Å². The van der Waals surface area contributed by atoms with Crippen molar-refractivity contribution in [3.8, 4) is 0 Å². The number of halogens is 3. The Morgan fingerprint density at radius 1 is 0.681 bits per heavy atom. The SMILES string of the molecule is CCCCCC(CCCC)OC(=O)CCCN.CCCCCC(CCCC)OC(=O)CCCNC(=O)OC(C)(C)C.O=CC(F)(F)F. The number of ether oxygens (including phenoxy) is 3. The largest absolute Gasteiger partial charge is 0.462 e. The van der Waals surface area contributed by atoms with E-state index in [4.69, 9.17) is 24.7 Å². The van der Waals surface area contributed by atoms with E-state index in [-0.39, 0.29) is 24.1 Å². The van der Waals surface area contributed by atoms with Gasteiger partial charge >= 0.3 is 24.2 Å². The number of alkyl carbamates (subject to hydrolysis) is 1. The third kappa shape index (κ3) is 41.6. The Morgan fingerprint density at radius 2 is 1.06 bits per heavy atom. The summed E-state index contributed by atoms with van der Waals surface area (Å²) in [5.74, 6) is -0.244. The lowest BCUT2D eigenvalue weighted by Crippen LogP contribution is -2.33. The Kier molecular flexibility index (Phi) is 33.6. The van der Waals surface area contributed by atoms with Crippen molar-refractivity contribution in [2.24, 2.45) is 5.73 Å². The van der Waals surface area contributed by atoms with Crippen LogP contribution in [-0.2, 0) is 28.6 Å². The normalized spacial score (nSPS) is 12.3. The molecule has 0 bridgehead atoms. The molecule has 0 rings (SSSR count). The lowest BCUT2D eigenvalue weighted by Gasteiger charge is -2.20. The van der Waals surface area contributed by atoms with E-state index in [9.17, 15) is 27.6 Å². The molecule has 0 saturated heterocycles. The number of hydrogen-bond donors (Lipinski definition) is 2. The molecule has 0 aromatic rings. The van der Waals surface area contributed by atoms with Crippen molar-refractivity contribution in [2.45, 2.75) is 188 Å². The maximum absolute atomic E-state index is 12.0. The molecule has 280 valence electrons. The number of carbonyl (C=O) groups is 4. The standard InChI is InChI=1S/C19H37NO4.C14H29NO2.C2HF3O/c1-6-8-10-13-16(12-9-7-2)23-17(21)14-11-15-20-18(22)24-19(3,4)5;1-3-5-7-10-13(9-6-4-2)17-14(16)11-8-12-15;3-2(4,5)1-6/h16H,6-15H2,1-5H3,(H,20,22);13H,3-12,15H2,1-2H3;1H. The molecular weight excluding hydrogens is 617 g/mol. The zero-order valence-corrected chi connectivity index (χ0v) is 30.4. The van der Waals surface area contributed by atoms with Gasteiger partial charge in [0.15, 0.2) is 0 Å². The lowest BCUT2D eigenvalue weighted by atomic mass is 10.1. The van der Waals surface area contributed by atoms with E-state index in [1.165, 1.54) is 25.7 Å². The summed E-state index contributed by atoms with van der Waals surface area (Å²) in [5, 5.41) is 2.66. The van der Waals surface area contributed by atoms with Gasteiger partial charge in [-0.25, -0.2) is 4.79 Å². The number of alkyl halides is 3. The highest BCUT2D eigenvalue weighted by atomic mass is 19.4. The van der Waals surface area contributed by atoms with Crippen LogP contribution in [-0.4, -0.2) is 61.4 Å². The van der Waals surface area contributed by atoms with Crippen molar-refractivity contribution in [1.82, 2.24) is 5.32 Å². The van der Waals surface area contributed by atoms with Gasteiger partial charge in [-0.15, -0.1) is 0 Å². The summed E-state index contributed by atoms with van der Waals surface area (Å²) in [6.45, 7) is 15.1. The van der Waals surface area contributed by atoms with Gasteiger partial charge in [0, 0.05) is 19.4 Å². The van der Waals surface area contributed by atoms with Crippen molar-refractivity contribution in [3.05, 3.63) is 0 Å². The van der Waals surface area contributed by atoms with Crippen molar-refractivity contribution < 1.29 is 46.6 Å². The fourth-order valence-electron chi connectivity index (χ4n) is 4.11. The van der Waals surface area contributed by atoms with Crippen molar-refractivity contribution in [2.75, 3.05) is 13.1 Å². The summed E-state index contributed by atoms with van der Waals surface area (Å²) >= 11 is 0. The molecule has 2 atom stereocenters. The van der Waals surface area contributed by atoms with Crippen LogP contribution in [0.2, 0.25) is 0 Å². The zero-order chi connectivity index (χ0) is 36.6. The molecule has 0 aliphatic heterocycles. The minimum atomic E-state index is -4.64. The Morgan fingerprint density at radius 3 is 1.40 bits per heavy atom. The van der Waals surface area contributed by atoms with Gasteiger partial charge < -0.3 is 25.3 Å². The summed E-state index contributed by atoms with van der Waals surface area (Å²) in [6.07, 6.45) is 11.6. The molecule has 2 unspecified atom stereocenters. The van der Waals surface area contributed by atoms with E-state index in [1.807, 2.05) is 20.8 Å². The van der Waals surface area contributed by atoms with Gasteiger partial charge in [0.05, 0.1) is 0 Å². The van der Waals surface area contributed by atoms with Crippen LogP contribution < -0.4 is 11.1 Å². The summed E-state index contributed by atoms with van der Waals surface area (Å²) in [5.41, 5.74) is 4.87. The van der Waals surface area contributed by atoms with E-state index in [0.29, 0.717) is 32.4 Å². The molecular formula is C35H67F3N2O7. The van der Waals surface area contributed by atoms with E-state index in [1.54, 1.807) is 0 Å². The number of unbranched alkanes of at least 4 members (excludes halogenated alkanes) is 6. The average Bonchev–Trinajstić information content (AvgIpc) is 2.99. The first-order valence-corrected chi connectivity index (χ1v) is 17.7. The predicted octanol–water partition coefficient (Wildman–Crippen LogP) is 9.13. The first-order chi connectivity index (χ1) is 22.1. The van der Waals surface area contributed by atoms with Crippen molar-refractivity contribution >= 4 is 24.3 Å². The molecule has 3 N–H and O–H groups in total. The molecule has 0 fully saturated rings. The van der Waals surface area contributed by atoms with E-state index >= 15 is 0 Å². The Bertz CT molecular complexity index is 775. The second-order valence-electron chi connectivity index (χ2n) is 12.6. The lowest BCUT2D eigenvalue weighted by molar-refractivity contribution is -0.156. The smallest absolute Gasteiger partial charge is 0.446 e. The minimum Gasteiger partial charge on any atom is -0.462 e. The number of carbonyl (C=O) groups excluding carboxylic acids is 4. The van der Waals surface area contributed by atoms with Gasteiger partial charge in [-0.1, -0.05) is 79.1 Å². The molecule has 12 heteroatoms. The first-order valence-electron chi connectivity index (χ1n) is 17.7. The molecule has 0 spiro atoms. The Labute approximate surface area is 283 Å². The molecule has 0 aliphatic rings. The number of nitrogens with two attached hydrogens (primary N) is 1. The number of rotatable bonds is 23. The minimum absolute atomic E-state index is 0.0443. The molecule has 0 radical (unpaired) electrons. The van der Waals surface area contributed by atoms with Crippen LogP contribution in [0.3, 0.4) is 0 Å². The predicted molar refractivity (Wildman–Crippen MR) is 181 cm³/mol. The maximum atomic E-state index is 12.0. The highest BCUT2D eigenvalue weighted by Gasteiger charge is 2.25. The fourth-order valence-corrected chi connectivity index (χ4v) is 4.11. The monoisotopic (exact) mass is 684 g/mol. The van der Waals surface area contributed by atoms with Crippen LogP contribution in [0, 0.1) is 0 Å². The molecule has 9 nitrogen and oxygen atoms in total. The van der Waals surface area contributed by atoms with E-state index < -0.39 is 24.2 Å². The van der Waals surface area contributed by atoms with Gasteiger partial charge in [-0.2, -0.15) is 13.2 Å². The number of nitrogens with one attached hydrogen (secondary N) is 1. The molecule has 0 aromatic heterocycles. The quantitative estimate of drug-likeness (QED) is 0.0471. The molecule has 0 saturated carbocycles. The van der Waals surface area contributed by atoms with Crippen LogP contribution in [0.15, 0.2) is 0 Å². The Balaban J connectivity index is -0.000000728. The summed E-state index contributed by atoms with van der Waals surface area (Å²) in [4.78, 5) is 43.7. The average molecular weight is 685 g/mol. The van der Waals surface area contributed by atoms with Gasteiger partial charge in [-0.05, 0) is 78.7 Å². The van der Waals surface area contributed by atoms with Gasteiger partial charge in [0.1, 0.15) is 17.8 Å². The highest BCUT2D eigenvalue weighted by Crippen LogP contribution is 2.16. The van der Waals surface area contributed by atoms with Crippen molar-refractivity contribution in [1.29, 1.82) is 0 Å². The van der Waals surface area contributed by atoms with Crippen LogP contribution in [0.25, 0.3) is 0 Å². The first kappa shape index (κ1) is 49.0. The number of aldehydes is 1. The summed E-state index contributed by atoms with van der Waals surface area (Å²) in [6, 6.07) is 0. The van der Waals surface area contributed by atoms with Crippen LogP contribution in [0.5, 0.6) is 0 Å². The Hall–Kier alpha value is -2.37. The number of amides is 1. The van der Waals surface area contributed by atoms with Gasteiger partial charge in [-0.3, -0.25) is 14.4 Å². The number of hydrogen-bond acceptors (Lipinski definition) is 8. The van der Waals surface area contributed by atoms with Crippen LogP contribution in [0.1, 0.15) is 164 Å². The number of esters is 2. The van der Waals surface area contributed by atoms with Crippen molar-refractivity contribution in [3.63, 3.8) is 0 Å². The highest BCUT2D eigenvalue weighted by molar-refractivity contribution is 5.70. The van der Waals surface area contributed by atoms with Crippen LogP contribution >= 0.6 is 0 Å². The molecule has 0 heterocycles. The van der Waals surface area contributed by atoms with Gasteiger partial charge in [0.25, 0.3) is 0 Å². The second kappa shape index (κ2) is 32.2. The summed E-state index contributed by atoms with van der Waals surface area (Å²) in [7, 11) is 0. The van der Waals surface area contributed by atoms with E-state index in [0.717, 1.165) is 70.6 Å². The van der Waals surface area contributed by atoms with Gasteiger partial charge in [0.2, 0.25) is 6.29 Å². The maximum Gasteiger partial charge on any atom is 0.446 e. The van der Waals surface area contributed by atoms with Crippen LogP contribution in [0.4, 0.5) is 18.0 Å².